The number of ether oxygens (including phenoxy) is 1. The van der Waals surface area contributed by atoms with E-state index in [0.29, 0.717) is 34.6 Å². The highest BCUT2D eigenvalue weighted by atomic mass is 35.5. The second-order valence-electron chi connectivity index (χ2n) is 6.52. The van der Waals surface area contributed by atoms with Crippen molar-refractivity contribution in [1.29, 1.82) is 0 Å². The van der Waals surface area contributed by atoms with Gasteiger partial charge in [0.25, 0.3) is 11.4 Å². The van der Waals surface area contributed by atoms with Gasteiger partial charge >= 0.3 is 5.97 Å². The molecule has 0 saturated carbocycles. The Balaban J connectivity index is 1.56. The zero-order valence-corrected chi connectivity index (χ0v) is 16.8. The fraction of sp³-hybridized carbons (Fsp3) is 0.190. The van der Waals surface area contributed by atoms with Crippen molar-refractivity contribution in [3.8, 4) is 11.4 Å². The standard InChI is InChI=1S/C21H17ClN4O4/c1-2-11-26-20(27)16-6-4-3-5-15(16)18(24-26)21(28)29-12-17-23-19(25-30-17)13-7-9-14(22)10-8-13/h3-10H,2,11-12H2,1H3. The summed E-state index contributed by atoms with van der Waals surface area (Å²) in [5, 5.41) is 9.55. The summed E-state index contributed by atoms with van der Waals surface area (Å²) in [4.78, 5) is 29.5. The number of benzene rings is 2. The predicted molar refractivity (Wildman–Crippen MR) is 110 cm³/mol. The molecule has 8 nitrogen and oxygen atoms in total. The lowest BCUT2D eigenvalue weighted by Crippen LogP contribution is -2.26. The summed E-state index contributed by atoms with van der Waals surface area (Å²) in [6.45, 7) is 2.11. The lowest BCUT2D eigenvalue weighted by molar-refractivity contribution is 0.0422. The quantitative estimate of drug-likeness (QED) is 0.433. The van der Waals surface area contributed by atoms with E-state index in [-0.39, 0.29) is 23.8 Å². The average molecular weight is 425 g/mol. The summed E-state index contributed by atoms with van der Waals surface area (Å²) in [6, 6.07) is 13.8. The Hall–Kier alpha value is -3.52. The monoisotopic (exact) mass is 424 g/mol. The number of halogens is 1. The summed E-state index contributed by atoms with van der Waals surface area (Å²) in [5.74, 6) is -0.181. The topological polar surface area (TPSA) is 100 Å². The van der Waals surface area contributed by atoms with Crippen molar-refractivity contribution in [3.05, 3.63) is 75.5 Å². The maximum absolute atomic E-state index is 12.7. The Morgan fingerprint density at radius 3 is 2.60 bits per heavy atom. The van der Waals surface area contributed by atoms with Gasteiger partial charge in [-0.3, -0.25) is 4.79 Å². The highest BCUT2D eigenvalue weighted by Gasteiger charge is 2.19. The molecule has 0 atom stereocenters. The number of rotatable bonds is 6. The molecule has 0 N–H and O–H groups in total. The van der Waals surface area contributed by atoms with Gasteiger partial charge in [0.1, 0.15) is 0 Å². The first kappa shape index (κ1) is 19.8. The Kier molecular flexibility index (Phi) is 5.58. The molecule has 0 aliphatic carbocycles. The number of aromatic nitrogens is 4. The second kappa shape index (κ2) is 8.46. The Morgan fingerprint density at radius 1 is 1.13 bits per heavy atom. The number of esters is 1. The highest BCUT2D eigenvalue weighted by Crippen LogP contribution is 2.19. The fourth-order valence-electron chi connectivity index (χ4n) is 2.97. The smallest absolute Gasteiger partial charge is 0.359 e. The van der Waals surface area contributed by atoms with Gasteiger partial charge in [-0.1, -0.05) is 41.9 Å². The molecule has 4 aromatic rings. The average Bonchev–Trinajstić information content (AvgIpc) is 3.24. The van der Waals surface area contributed by atoms with Crippen LogP contribution in [0, 0.1) is 0 Å². The molecule has 0 fully saturated rings. The van der Waals surface area contributed by atoms with Crippen LogP contribution in [-0.4, -0.2) is 25.9 Å². The summed E-state index contributed by atoms with van der Waals surface area (Å²) >= 11 is 5.88. The molecule has 9 heteroatoms. The van der Waals surface area contributed by atoms with E-state index in [9.17, 15) is 9.59 Å². The number of carbonyl (C=O) groups excluding carboxylic acids is 1. The zero-order valence-electron chi connectivity index (χ0n) is 16.0. The normalized spacial score (nSPS) is 11.0. The molecule has 0 spiro atoms. The Labute approximate surface area is 176 Å². The van der Waals surface area contributed by atoms with E-state index in [4.69, 9.17) is 20.9 Å². The molecular weight excluding hydrogens is 408 g/mol. The Bertz CT molecular complexity index is 1260. The lowest BCUT2D eigenvalue weighted by Gasteiger charge is -2.09. The summed E-state index contributed by atoms with van der Waals surface area (Å²) in [5.41, 5.74) is 0.546. The van der Waals surface area contributed by atoms with Gasteiger partial charge in [0.2, 0.25) is 5.82 Å². The van der Waals surface area contributed by atoms with E-state index in [0.717, 1.165) is 5.56 Å². The first-order chi connectivity index (χ1) is 14.6. The molecule has 0 saturated heterocycles. The van der Waals surface area contributed by atoms with Crippen molar-refractivity contribution in [2.45, 2.75) is 26.5 Å². The van der Waals surface area contributed by atoms with Gasteiger partial charge < -0.3 is 9.26 Å². The molecule has 0 bridgehead atoms. The van der Waals surface area contributed by atoms with Crippen molar-refractivity contribution < 1.29 is 14.1 Å². The molecule has 30 heavy (non-hydrogen) atoms. The van der Waals surface area contributed by atoms with Crippen LogP contribution >= 0.6 is 11.6 Å². The van der Waals surface area contributed by atoms with E-state index in [1.807, 2.05) is 6.92 Å². The van der Waals surface area contributed by atoms with Gasteiger partial charge in [-0.15, -0.1) is 0 Å². The van der Waals surface area contributed by atoms with E-state index in [1.165, 1.54) is 4.68 Å². The SMILES string of the molecule is CCCn1nc(C(=O)OCc2nc(-c3ccc(Cl)cc3)no2)c2ccccc2c1=O. The van der Waals surface area contributed by atoms with E-state index < -0.39 is 5.97 Å². The zero-order chi connectivity index (χ0) is 21.1. The minimum atomic E-state index is -0.678. The van der Waals surface area contributed by atoms with Crippen molar-refractivity contribution >= 4 is 28.3 Å². The number of nitrogens with zero attached hydrogens (tertiary/aromatic N) is 4. The summed E-state index contributed by atoms with van der Waals surface area (Å²) in [7, 11) is 0. The third kappa shape index (κ3) is 3.95. The van der Waals surface area contributed by atoms with Crippen LogP contribution in [0.15, 0.2) is 57.8 Å². The van der Waals surface area contributed by atoms with Crippen molar-refractivity contribution in [2.24, 2.45) is 0 Å². The van der Waals surface area contributed by atoms with Gasteiger partial charge in [0, 0.05) is 22.5 Å². The number of fused-ring (bicyclic) bond motifs is 1. The van der Waals surface area contributed by atoms with Gasteiger partial charge in [-0.25, -0.2) is 9.48 Å². The first-order valence-electron chi connectivity index (χ1n) is 9.32. The number of carbonyl (C=O) groups is 1. The molecule has 4 rings (SSSR count). The maximum Gasteiger partial charge on any atom is 0.359 e. The van der Waals surface area contributed by atoms with Crippen molar-refractivity contribution in [1.82, 2.24) is 19.9 Å². The van der Waals surface area contributed by atoms with Gasteiger partial charge in [-0.2, -0.15) is 10.1 Å². The van der Waals surface area contributed by atoms with Crippen LogP contribution < -0.4 is 5.56 Å². The van der Waals surface area contributed by atoms with Crippen LogP contribution in [-0.2, 0) is 17.9 Å². The largest absolute Gasteiger partial charge is 0.451 e. The molecule has 0 amide bonds. The summed E-state index contributed by atoms with van der Waals surface area (Å²) < 4.78 is 11.8. The van der Waals surface area contributed by atoms with Crippen molar-refractivity contribution in [3.63, 3.8) is 0 Å². The minimum Gasteiger partial charge on any atom is -0.451 e. The Morgan fingerprint density at radius 2 is 1.87 bits per heavy atom. The predicted octanol–water partition coefficient (Wildman–Crippen LogP) is 3.87. The molecule has 2 aromatic carbocycles. The van der Waals surface area contributed by atoms with Crippen molar-refractivity contribution in [2.75, 3.05) is 0 Å². The molecule has 0 unspecified atom stereocenters. The number of hydrogen-bond acceptors (Lipinski definition) is 7. The number of aryl methyl sites for hydroxylation is 1. The van der Waals surface area contributed by atoms with Gasteiger partial charge in [-0.05, 0) is 36.8 Å². The lowest BCUT2D eigenvalue weighted by atomic mass is 10.1. The molecule has 0 aliphatic heterocycles. The first-order valence-corrected chi connectivity index (χ1v) is 9.70. The molecule has 0 aliphatic rings. The minimum absolute atomic E-state index is 0.0658. The van der Waals surface area contributed by atoms with Crippen LogP contribution in [0.25, 0.3) is 22.2 Å². The summed E-state index contributed by atoms with van der Waals surface area (Å²) in [6.07, 6.45) is 0.704. The molecule has 2 aromatic heterocycles. The highest BCUT2D eigenvalue weighted by molar-refractivity contribution is 6.30. The second-order valence-corrected chi connectivity index (χ2v) is 6.95. The van der Waals surface area contributed by atoms with Gasteiger partial charge in [0.05, 0.1) is 5.39 Å². The van der Waals surface area contributed by atoms with Crippen LogP contribution in [0.5, 0.6) is 0 Å². The molecular formula is C21H17ClN4O4. The fourth-order valence-corrected chi connectivity index (χ4v) is 3.10. The molecule has 2 heterocycles. The molecule has 0 radical (unpaired) electrons. The number of hydrogen-bond donors (Lipinski definition) is 0. The van der Waals surface area contributed by atoms with Crippen LogP contribution in [0.2, 0.25) is 5.02 Å². The van der Waals surface area contributed by atoms with E-state index >= 15 is 0 Å². The maximum atomic E-state index is 12.7. The van der Waals surface area contributed by atoms with Crippen LogP contribution in [0.4, 0.5) is 0 Å². The third-order valence-corrected chi connectivity index (χ3v) is 4.65. The van der Waals surface area contributed by atoms with E-state index in [2.05, 4.69) is 15.2 Å². The van der Waals surface area contributed by atoms with E-state index in [1.54, 1.807) is 48.5 Å². The molecule has 152 valence electrons. The third-order valence-electron chi connectivity index (χ3n) is 4.39. The van der Waals surface area contributed by atoms with Crippen LogP contribution in [0.1, 0.15) is 29.7 Å². The van der Waals surface area contributed by atoms with Crippen LogP contribution in [0.3, 0.4) is 0 Å². The van der Waals surface area contributed by atoms with Gasteiger partial charge in [0.15, 0.2) is 12.3 Å².